The van der Waals surface area contributed by atoms with Crippen LogP contribution in [0.2, 0.25) is 0 Å². The highest BCUT2D eigenvalue weighted by Gasteiger charge is 2.39. The predicted octanol–water partition coefficient (Wildman–Crippen LogP) is 1.56. The summed E-state index contributed by atoms with van der Waals surface area (Å²) in [6.45, 7) is 0.702. The van der Waals surface area contributed by atoms with Gasteiger partial charge in [0.2, 0.25) is 13.1 Å². The Kier molecular flexibility index (Phi) is 3.35. The number of hydrogen-bond donors (Lipinski definition) is 0. The Balaban J connectivity index is 2.95. The summed E-state index contributed by atoms with van der Waals surface area (Å²) in [5.41, 5.74) is -1.01. The number of nitro groups is 2. The first kappa shape index (κ1) is 11.6. The van der Waals surface area contributed by atoms with E-state index in [-0.39, 0.29) is 0 Å². The van der Waals surface area contributed by atoms with Gasteiger partial charge >= 0.3 is 0 Å². The lowest BCUT2D eigenvalue weighted by molar-refractivity contribution is -0.527. The summed E-state index contributed by atoms with van der Waals surface area (Å²) in [6, 6.07) is 3.43. The molecule has 15 heavy (non-hydrogen) atoms. The van der Waals surface area contributed by atoms with E-state index in [1.807, 2.05) is 0 Å². The third kappa shape index (κ3) is 2.98. The molecule has 0 aliphatic rings. The van der Waals surface area contributed by atoms with E-state index in [0.717, 1.165) is 0 Å². The molecule has 1 heterocycles. The summed E-state index contributed by atoms with van der Waals surface area (Å²) < 4.78 is 0. The van der Waals surface area contributed by atoms with Crippen molar-refractivity contribution in [3.63, 3.8) is 0 Å². The molecule has 1 rings (SSSR count). The van der Waals surface area contributed by atoms with Crippen LogP contribution in [-0.2, 0) is 5.41 Å². The van der Waals surface area contributed by atoms with Gasteiger partial charge in [0.05, 0.1) is 0 Å². The third-order valence-electron chi connectivity index (χ3n) is 2.07. The molecular formula is C8H10N2O4S. The molecule has 82 valence electrons. The lowest BCUT2D eigenvalue weighted by Gasteiger charge is -2.18. The van der Waals surface area contributed by atoms with Crippen LogP contribution in [0.5, 0.6) is 0 Å². The van der Waals surface area contributed by atoms with Crippen LogP contribution in [0.3, 0.4) is 0 Å². The Labute approximate surface area is 89.8 Å². The first-order valence-electron chi connectivity index (χ1n) is 4.22. The van der Waals surface area contributed by atoms with Gasteiger partial charge in [0, 0.05) is 14.7 Å². The van der Waals surface area contributed by atoms with Crippen LogP contribution >= 0.6 is 11.3 Å². The second-order valence-corrected chi connectivity index (χ2v) is 4.47. The minimum absolute atomic E-state index is 0.422. The van der Waals surface area contributed by atoms with Crippen molar-refractivity contribution in [3.8, 4) is 0 Å². The Morgan fingerprint density at radius 2 is 1.87 bits per heavy atom. The maximum absolute atomic E-state index is 10.5. The average molecular weight is 230 g/mol. The first-order chi connectivity index (χ1) is 6.94. The minimum Gasteiger partial charge on any atom is -0.265 e. The van der Waals surface area contributed by atoms with E-state index in [4.69, 9.17) is 0 Å². The molecule has 0 bridgehead atoms. The summed E-state index contributed by atoms with van der Waals surface area (Å²) >= 11 is 1.30. The van der Waals surface area contributed by atoms with Crippen LogP contribution in [0.1, 0.15) is 11.8 Å². The van der Waals surface area contributed by atoms with E-state index >= 15 is 0 Å². The first-order valence-corrected chi connectivity index (χ1v) is 5.09. The summed E-state index contributed by atoms with van der Waals surface area (Å²) in [7, 11) is 0. The normalized spacial score (nSPS) is 11.3. The molecule has 0 spiro atoms. The fourth-order valence-corrected chi connectivity index (χ4v) is 2.27. The van der Waals surface area contributed by atoms with Crippen LogP contribution in [0.15, 0.2) is 17.5 Å². The molecule has 0 aliphatic heterocycles. The van der Waals surface area contributed by atoms with E-state index in [1.54, 1.807) is 24.4 Å². The van der Waals surface area contributed by atoms with Crippen LogP contribution in [0.4, 0.5) is 0 Å². The molecular weight excluding hydrogens is 220 g/mol. The maximum Gasteiger partial charge on any atom is 0.220 e. The zero-order chi connectivity index (χ0) is 11.5. The summed E-state index contributed by atoms with van der Waals surface area (Å²) in [4.78, 5) is 20.6. The predicted molar refractivity (Wildman–Crippen MR) is 55.4 cm³/mol. The van der Waals surface area contributed by atoms with Crippen molar-refractivity contribution in [1.29, 1.82) is 0 Å². The molecule has 6 nitrogen and oxygen atoms in total. The van der Waals surface area contributed by atoms with Gasteiger partial charge in [-0.25, -0.2) is 0 Å². The average Bonchev–Trinajstić information content (AvgIpc) is 2.51. The smallest absolute Gasteiger partial charge is 0.220 e. The standard InChI is InChI=1S/C8H10N2O4S/c1-8(5-9(11)12,6-10(13)14)7-3-2-4-15-7/h2-4H,5-6H2,1H3. The topological polar surface area (TPSA) is 86.3 Å². The molecule has 0 saturated carbocycles. The van der Waals surface area contributed by atoms with Crippen LogP contribution in [0, 0.1) is 20.2 Å². The van der Waals surface area contributed by atoms with Gasteiger partial charge in [-0.2, -0.15) is 0 Å². The Bertz CT molecular complexity index is 347. The highest BCUT2D eigenvalue weighted by molar-refractivity contribution is 7.10. The van der Waals surface area contributed by atoms with Gasteiger partial charge in [-0.3, -0.25) is 20.2 Å². The number of hydrogen-bond acceptors (Lipinski definition) is 5. The van der Waals surface area contributed by atoms with Crippen LogP contribution in [-0.4, -0.2) is 22.9 Å². The molecule has 7 heteroatoms. The van der Waals surface area contributed by atoms with Gasteiger partial charge < -0.3 is 0 Å². The SMILES string of the molecule is CC(C[N+](=O)[O-])(C[N+](=O)[O-])c1cccs1. The zero-order valence-electron chi connectivity index (χ0n) is 8.08. The Hall–Kier alpha value is -1.50. The van der Waals surface area contributed by atoms with Gasteiger partial charge in [0.1, 0.15) is 5.41 Å². The Morgan fingerprint density at radius 3 is 2.20 bits per heavy atom. The fourth-order valence-electron chi connectivity index (χ4n) is 1.40. The highest BCUT2D eigenvalue weighted by atomic mass is 32.1. The lowest BCUT2D eigenvalue weighted by atomic mass is 9.89. The Morgan fingerprint density at radius 1 is 1.33 bits per heavy atom. The molecule has 1 aromatic heterocycles. The van der Waals surface area contributed by atoms with E-state index < -0.39 is 28.4 Å². The van der Waals surface area contributed by atoms with Crippen molar-refractivity contribution in [2.24, 2.45) is 0 Å². The van der Waals surface area contributed by atoms with Crippen molar-refractivity contribution in [3.05, 3.63) is 42.6 Å². The monoisotopic (exact) mass is 230 g/mol. The maximum atomic E-state index is 10.5. The van der Waals surface area contributed by atoms with Crippen LogP contribution in [0.25, 0.3) is 0 Å². The molecule has 0 radical (unpaired) electrons. The van der Waals surface area contributed by atoms with Crippen LogP contribution < -0.4 is 0 Å². The number of nitrogens with zero attached hydrogens (tertiary/aromatic N) is 2. The molecule has 0 unspecified atom stereocenters. The summed E-state index contributed by atoms with van der Waals surface area (Å²) in [6.07, 6.45) is 0. The summed E-state index contributed by atoms with van der Waals surface area (Å²) in [5, 5.41) is 22.7. The van der Waals surface area contributed by atoms with Crippen molar-refractivity contribution < 1.29 is 9.85 Å². The van der Waals surface area contributed by atoms with E-state index in [1.165, 1.54) is 11.3 Å². The lowest BCUT2D eigenvalue weighted by Crippen LogP contribution is -2.37. The highest BCUT2D eigenvalue weighted by Crippen LogP contribution is 2.28. The number of rotatable bonds is 5. The fraction of sp³-hybridized carbons (Fsp3) is 0.500. The molecule has 0 saturated heterocycles. The van der Waals surface area contributed by atoms with Crippen molar-refractivity contribution >= 4 is 11.3 Å². The van der Waals surface area contributed by atoms with Gasteiger partial charge in [-0.05, 0) is 18.4 Å². The molecule has 0 aromatic carbocycles. The van der Waals surface area contributed by atoms with Gasteiger partial charge in [-0.15, -0.1) is 11.3 Å². The minimum atomic E-state index is -1.01. The molecule has 0 N–H and O–H groups in total. The molecule has 0 aliphatic carbocycles. The molecule has 0 fully saturated rings. The second-order valence-electron chi connectivity index (χ2n) is 3.52. The van der Waals surface area contributed by atoms with E-state index in [9.17, 15) is 20.2 Å². The van der Waals surface area contributed by atoms with E-state index in [0.29, 0.717) is 4.88 Å². The zero-order valence-corrected chi connectivity index (χ0v) is 8.90. The van der Waals surface area contributed by atoms with Crippen molar-refractivity contribution in [1.82, 2.24) is 0 Å². The number of thiophene rings is 1. The molecule has 1 aromatic rings. The summed E-state index contributed by atoms with van der Waals surface area (Å²) in [5.74, 6) is 0. The van der Waals surface area contributed by atoms with E-state index in [2.05, 4.69) is 0 Å². The second kappa shape index (κ2) is 4.35. The molecule has 0 amide bonds. The van der Waals surface area contributed by atoms with Crippen molar-refractivity contribution in [2.75, 3.05) is 13.1 Å². The quantitative estimate of drug-likeness (QED) is 0.567. The molecule has 0 atom stereocenters. The van der Waals surface area contributed by atoms with Crippen molar-refractivity contribution in [2.45, 2.75) is 12.3 Å². The largest absolute Gasteiger partial charge is 0.265 e. The van der Waals surface area contributed by atoms with Gasteiger partial charge in [0.15, 0.2) is 0 Å². The van der Waals surface area contributed by atoms with Gasteiger partial charge in [0.25, 0.3) is 0 Å². The van der Waals surface area contributed by atoms with Gasteiger partial charge in [-0.1, -0.05) is 6.07 Å². The third-order valence-corrected chi connectivity index (χ3v) is 3.25.